The van der Waals surface area contributed by atoms with E-state index < -0.39 is 15.7 Å². The zero-order valence-corrected chi connectivity index (χ0v) is 11.4. The number of hydrogen-bond donors (Lipinski definition) is 1. The molecular weight excluding hydrogens is 270 g/mol. The molecule has 0 spiro atoms. The predicted octanol–water partition coefficient (Wildman–Crippen LogP) is 0.385. The molecule has 0 atom stereocenters. The predicted molar refractivity (Wildman–Crippen MR) is 72.9 cm³/mol. The second-order valence-corrected chi connectivity index (χ2v) is 5.71. The van der Waals surface area contributed by atoms with E-state index in [0.29, 0.717) is 37.0 Å². The van der Waals surface area contributed by atoms with Crippen LogP contribution in [0.25, 0.3) is 0 Å². The van der Waals surface area contributed by atoms with E-state index >= 15 is 0 Å². The van der Waals surface area contributed by atoms with Gasteiger partial charge in [-0.25, -0.2) is 9.97 Å². The van der Waals surface area contributed by atoms with Gasteiger partial charge in [-0.15, -0.1) is 0 Å². The van der Waals surface area contributed by atoms with Crippen LogP contribution in [0, 0.1) is 10.1 Å². The Morgan fingerprint density at radius 3 is 2.74 bits per heavy atom. The molecule has 1 aromatic rings. The van der Waals surface area contributed by atoms with Crippen molar-refractivity contribution in [3.63, 3.8) is 0 Å². The van der Waals surface area contributed by atoms with E-state index in [1.54, 1.807) is 4.90 Å². The van der Waals surface area contributed by atoms with Crippen LogP contribution >= 0.6 is 0 Å². The largest absolute Gasteiger partial charge is 0.364 e. The van der Waals surface area contributed by atoms with Gasteiger partial charge in [0.1, 0.15) is 6.33 Å². The van der Waals surface area contributed by atoms with Crippen molar-refractivity contribution in [1.29, 1.82) is 0 Å². The Balaban J connectivity index is 2.36. The van der Waals surface area contributed by atoms with E-state index in [-0.39, 0.29) is 11.5 Å². The van der Waals surface area contributed by atoms with Crippen molar-refractivity contribution < 1.29 is 9.13 Å². The molecule has 0 saturated carbocycles. The van der Waals surface area contributed by atoms with E-state index in [1.807, 2.05) is 6.92 Å². The lowest BCUT2D eigenvalue weighted by molar-refractivity contribution is -0.383. The maximum atomic E-state index is 11.3. The SMILES string of the molecule is CCNc1ncnc(N2CCS(=O)CC2)c1[N+](=O)[O-]. The highest BCUT2D eigenvalue weighted by atomic mass is 32.2. The second kappa shape index (κ2) is 5.91. The van der Waals surface area contributed by atoms with Crippen LogP contribution in [0.1, 0.15) is 6.92 Å². The third kappa shape index (κ3) is 2.98. The van der Waals surface area contributed by atoms with Gasteiger partial charge < -0.3 is 10.2 Å². The Hall–Kier alpha value is -1.77. The lowest BCUT2D eigenvalue weighted by Gasteiger charge is -2.27. The lowest BCUT2D eigenvalue weighted by atomic mass is 10.3. The summed E-state index contributed by atoms with van der Waals surface area (Å²) in [5.74, 6) is 1.55. The number of aromatic nitrogens is 2. The molecule has 1 N–H and O–H groups in total. The molecule has 0 aliphatic carbocycles. The van der Waals surface area contributed by atoms with E-state index in [2.05, 4.69) is 15.3 Å². The van der Waals surface area contributed by atoms with Crippen LogP contribution in [0.3, 0.4) is 0 Å². The van der Waals surface area contributed by atoms with E-state index in [4.69, 9.17) is 0 Å². The summed E-state index contributed by atoms with van der Waals surface area (Å²) < 4.78 is 11.3. The van der Waals surface area contributed by atoms with Gasteiger partial charge in [-0.05, 0) is 6.92 Å². The number of nitro groups is 1. The van der Waals surface area contributed by atoms with Crippen LogP contribution in [-0.4, -0.2) is 50.2 Å². The van der Waals surface area contributed by atoms with Crippen molar-refractivity contribution in [2.45, 2.75) is 6.92 Å². The zero-order chi connectivity index (χ0) is 13.8. The summed E-state index contributed by atoms with van der Waals surface area (Å²) in [5.41, 5.74) is -0.114. The Labute approximate surface area is 112 Å². The van der Waals surface area contributed by atoms with Crippen LogP contribution < -0.4 is 10.2 Å². The van der Waals surface area contributed by atoms with Crippen molar-refractivity contribution in [3.8, 4) is 0 Å². The Morgan fingerprint density at radius 2 is 2.16 bits per heavy atom. The van der Waals surface area contributed by atoms with Gasteiger partial charge in [-0.2, -0.15) is 0 Å². The molecule has 2 heterocycles. The first-order valence-corrected chi connectivity index (χ1v) is 7.45. The third-order valence-corrected chi connectivity index (χ3v) is 4.08. The quantitative estimate of drug-likeness (QED) is 0.630. The Bertz CT molecular complexity index is 500. The topological polar surface area (TPSA) is 101 Å². The monoisotopic (exact) mass is 285 g/mol. The molecule has 19 heavy (non-hydrogen) atoms. The van der Waals surface area contributed by atoms with Gasteiger partial charge in [0.15, 0.2) is 0 Å². The molecule has 2 rings (SSSR count). The van der Waals surface area contributed by atoms with Crippen molar-refractivity contribution in [3.05, 3.63) is 16.4 Å². The van der Waals surface area contributed by atoms with E-state index in [0.717, 1.165) is 0 Å². The first-order chi connectivity index (χ1) is 9.13. The molecule has 0 bridgehead atoms. The van der Waals surface area contributed by atoms with Crippen molar-refractivity contribution in [2.24, 2.45) is 0 Å². The van der Waals surface area contributed by atoms with Gasteiger partial charge in [-0.1, -0.05) is 0 Å². The fourth-order valence-electron chi connectivity index (χ4n) is 1.92. The standard InChI is InChI=1S/C10H15N5O3S/c1-2-11-9-8(15(16)17)10(13-7-12-9)14-3-5-19(18)6-4-14/h7H,2-6H2,1H3,(H,11,12,13). The molecule has 1 aliphatic heterocycles. The molecule has 0 amide bonds. The van der Waals surface area contributed by atoms with E-state index in [9.17, 15) is 14.3 Å². The fourth-order valence-corrected chi connectivity index (χ4v) is 2.97. The fraction of sp³-hybridized carbons (Fsp3) is 0.600. The van der Waals surface area contributed by atoms with Crippen LogP contribution in [0.5, 0.6) is 0 Å². The van der Waals surface area contributed by atoms with Crippen LogP contribution in [-0.2, 0) is 10.8 Å². The van der Waals surface area contributed by atoms with Gasteiger partial charge in [-0.3, -0.25) is 14.3 Å². The molecule has 1 fully saturated rings. The maximum Gasteiger partial charge on any atom is 0.353 e. The summed E-state index contributed by atoms with van der Waals surface area (Å²) in [6.45, 7) is 3.41. The summed E-state index contributed by atoms with van der Waals surface area (Å²) in [6, 6.07) is 0. The van der Waals surface area contributed by atoms with Gasteiger partial charge in [0.05, 0.1) is 4.92 Å². The first-order valence-electron chi connectivity index (χ1n) is 5.96. The van der Waals surface area contributed by atoms with Crippen molar-refractivity contribution in [1.82, 2.24) is 9.97 Å². The summed E-state index contributed by atoms with van der Waals surface area (Å²) >= 11 is 0. The number of anilines is 2. The second-order valence-electron chi connectivity index (χ2n) is 4.02. The minimum atomic E-state index is -0.831. The summed E-state index contributed by atoms with van der Waals surface area (Å²) in [4.78, 5) is 20.5. The smallest absolute Gasteiger partial charge is 0.353 e. The number of nitrogens with zero attached hydrogens (tertiary/aromatic N) is 4. The Morgan fingerprint density at radius 1 is 1.47 bits per heavy atom. The third-order valence-electron chi connectivity index (χ3n) is 2.81. The van der Waals surface area contributed by atoms with Gasteiger partial charge >= 0.3 is 5.69 Å². The van der Waals surface area contributed by atoms with Crippen LogP contribution in [0.4, 0.5) is 17.3 Å². The molecule has 8 nitrogen and oxygen atoms in total. The minimum absolute atomic E-state index is 0.114. The van der Waals surface area contributed by atoms with Gasteiger partial charge in [0.2, 0.25) is 11.6 Å². The number of hydrogen-bond acceptors (Lipinski definition) is 7. The molecule has 104 valence electrons. The molecule has 0 radical (unpaired) electrons. The summed E-state index contributed by atoms with van der Waals surface area (Å²) in [5, 5.41) is 14.1. The molecule has 0 unspecified atom stereocenters. The van der Waals surface area contributed by atoms with Crippen LogP contribution in [0.15, 0.2) is 6.33 Å². The molecule has 0 aromatic carbocycles. The minimum Gasteiger partial charge on any atom is -0.364 e. The highest BCUT2D eigenvalue weighted by Crippen LogP contribution is 2.31. The number of rotatable bonds is 4. The summed E-state index contributed by atoms with van der Waals surface area (Å²) in [7, 11) is -0.831. The molecule has 1 aromatic heterocycles. The normalized spacial score (nSPS) is 16.4. The van der Waals surface area contributed by atoms with Crippen molar-refractivity contribution in [2.75, 3.05) is 41.4 Å². The van der Waals surface area contributed by atoms with E-state index in [1.165, 1.54) is 6.33 Å². The molecule has 1 aliphatic rings. The van der Waals surface area contributed by atoms with Gasteiger partial charge in [0.25, 0.3) is 0 Å². The lowest BCUT2D eigenvalue weighted by Crippen LogP contribution is -2.38. The molecule has 9 heteroatoms. The molecular formula is C10H15N5O3S. The van der Waals surface area contributed by atoms with Crippen molar-refractivity contribution >= 4 is 28.1 Å². The molecule has 1 saturated heterocycles. The zero-order valence-electron chi connectivity index (χ0n) is 10.5. The number of nitrogens with one attached hydrogen (secondary N) is 1. The first kappa shape index (κ1) is 13.7. The van der Waals surface area contributed by atoms with Gasteiger partial charge in [0, 0.05) is 41.9 Å². The Kier molecular flexibility index (Phi) is 4.25. The average Bonchev–Trinajstić information content (AvgIpc) is 2.39. The summed E-state index contributed by atoms with van der Waals surface area (Å²) in [6.07, 6.45) is 1.31. The highest BCUT2D eigenvalue weighted by molar-refractivity contribution is 7.85. The van der Waals surface area contributed by atoms with Crippen LogP contribution in [0.2, 0.25) is 0 Å². The maximum absolute atomic E-state index is 11.3. The highest BCUT2D eigenvalue weighted by Gasteiger charge is 2.28. The average molecular weight is 285 g/mol.